The number of urea groups is 1. The molecule has 1 aromatic heterocycles. The average molecular weight is 362 g/mol. The molecule has 25 heavy (non-hydrogen) atoms. The summed E-state index contributed by atoms with van der Waals surface area (Å²) >= 11 is 1.61. The predicted octanol–water partition coefficient (Wildman–Crippen LogP) is 0.949. The number of amides is 4. The number of imide groups is 1. The molecule has 2 aliphatic rings. The van der Waals surface area contributed by atoms with E-state index in [-0.39, 0.29) is 32.0 Å². The van der Waals surface area contributed by atoms with E-state index >= 15 is 0 Å². The molecule has 0 radical (unpaired) electrons. The fourth-order valence-electron chi connectivity index (χ4n) is 2.95. The molecule has 0 aliphatic carbocycles. The van der Waals surface area contributed by atoms with Gasteiger partial charge in [0, 0.05) is 12.3 Å². The van der Waals surface area contributed by atoms with E-state index in [1.54, 1.807) is 23.9 Å². The number of nitrogens with zero attached hydrogens (tertiary/aromatic N) is 3. The first-order valence-corrected chi connectivity index (χ1v) is 9.10. The number of nitriles is 1. The Kier molecular flexibility index (Phi) is 4.99. The molecule has 1 N–H and O–H groups in total. The second-order valence-corrected chi connectivity index (χ2v) is 7.11. The third kappa shape index (κ3) is 3.49. The van der Waals surface area contributed by atoms with Gasteiger partial charge in [-0.1, -0.05) is 0 Å². The number of nitrogens with one attached hydrogen (secondary N) is 1. The monoisotopic (exact) mass is 362 g/mol. The zero-order chi connectivity index (χ0) is 17.9. The molecule has 9 heteroatoms. The van der Waals surface area contributed by atoms with E-state index in [4.69, 9.17) is 9.68 Å². The van der Waals surface area contributed by atoms with Gasteiger partial charge in [0.25, 0.3) is 5.91 Å². The quantitative estimate of drug-likeness (QED) is 0.755. The van der Waals surface area contributed by atoms with E-state index in [2.05, 4.69) is 5.32 Å². The second-order valence-electron chi connectivity index (χ2n) is 6.01. The molecule has 0 bridgehead atoms. The maximum atomic E-state index is 12.6. The maximum absolute atomic E-state index is 12.6. The lowest BCUT2D eigenvalue weighted by Crippen LogP contribution is -2.48. The van der Waals surface area contributed by atoms with Crippen LogP contribution in [-0.2, 0) is 16.1 Å². The first kappa shape index (κ1) is 17.4. The molecule has 8 nitrogen and oxygen atoms in total. The molecular weight excluding hydrogens is 344 g/mol. The third-order valence-corrected chi connectivity index (χ3v) is 5.52. The van der Waals surface area contributed by atoms with Crippen molar-refractivity contribution in [2.24, 2.45) is 0 Å². The van der Waals surface area contributed by atoms with Crippen molar-refractivity contribution in [3.8, 4) is 6.07 Å². The molecule has 2 saturated heterocycles. The highest BCUT2D eigenvalue weighted by molar-refractivity contribution is 7.99. The zero-order valence-electron chi connectivity index (χ0n) is 13.6. The Morgan fingerprint density at radius 2 is 2.36 bits per heavy atom. The van der Waals surface area contributed by atoms with Gasteiger partial charge in [0.1, 0.15) is 17.8 Å². The van der Waals surface area contributed by atoms with Crippen LogP contribution < -0.4 is 5.32 Å². The molecule has 2 fully saturated rings. The van der Waals surface area contributed by atoms with E-state index in [1.165, 1.54) is 11.2 Å². The molecular formula is C16H18N4O4S. The Hall–Kier alpha value is -2.47. The van der Waals surface area contributed by atoms with Gasteiger partial charge in [-0.3, -0.25) is 14.5 Å². The lowest BCUT2D eigenvalue weighted by molar-refractivity contribution is -0.139. The molecule has 1 unspecified atom stereocenters. The van der Waals surface area contributed by atoms with Crippen LogP contribution in [0.2, 0.25) is 0 Å². The Balaban J connectivity index is 1.69. The Morgan fingerprint density at radius 1 is 1.52 bits per heavy atom. The topological polar surface area (TPSA) is 107 Å². The average Bonchev–Trinajstić information content (AvgIpc) is 3.31. The van der Waals surface area contributed by atoms with Crippen molar-refractivity contribution >= 4 is 29.6 Å². The van der Waals surface area contributed by atoms with E-state index in [0.29, 0.717) is 17.9 Å². The smallest absolute Gasteiger partial charge is 0.325 e. The Morgan fingerprint density at radius 3 is 3.00 bits per heavy atom. The highest BCUT2D eigenvalue weighted by Gasteiger charge is 2.53. The molecule has 1 spiro atoms. The van der Waals surface area contributed by atoms with Gasteiger partial charge in [0.15, 0.2) is 0 Å². The molecule has 3 rings (SSSR count). The summed E-state index contributed by atoms with van der Waals surface area (Å²) in [7, 11) is 0. The van der Waals surface area contributed by atoms with Crippen LogP contribution >= 0.6 is 11.8 Å². The molecule has 0 saturated carbocycles. The zero-order valence-corrected chi connectivity index (χ0v) is 14.4. The van der Waals surface area contributed by atoms with E-state index in [1.807, 2.05) is 6.07 Å². The summed E-state index contributed by atoms with van der Waals surface area (Å²) in [6.45, 7) is 0.0715. The molecule has 4 amide bonds. The number of thioether (sulfide) groups is 1. The summed E-state index contributed by atoms with van der Waals surface area (Å²) in [5, 5.41) is 11.5. The lowest BCUT2D eigenvalue weighted by atomic mass is 9.99. The standard InChI is InChI=1S/C16H18N4O4S/c17-5-2-6-19(9-12-3-1-7-24-12)13(21)10-20-14(22)16(18-15(20)23)4-8-25-11-16/h1,3,7H,2,4,6,8-11H2,(H,18,23). The molecule has 0 aromatic carbocycles. The van der Waals surface area contributed by atoms with E-state index in [9.17, 15) is 14.4 Å². The second kappa shape index (κ2) is 7.19. The molecule has 3 heterocycles. The molecule has 1 aromatic rings. The van der Waals surface area contributed by atoms with Crippen LogP contribution in [0.25, 0.3) is 0 Å². The number of rotatable bonds is 6. The van der Waals surface area contributed by atoms with Crippen molar-refractivity contribution in [3.05, 3.63) is 24.2 Å². The summed E-state index contributed by atoms with van der Waals surface area (Å²) < 4.78 is 5.24. The minimum atomic E-state index is -0.861. The highest BCUT2D eigenvalue weighted by atomic mass is 32.2. The van der Waals surface area contributed by atoms with Gasteiger partial charge in [-0.05, 0) is 24.3 Å². The summed E-state index contributed by atoms with van der Waals surface area (Å²) in [5.41, 5.74) is -0.861. The number of carbonyl (C=O) groups is 3. The number of furan rings is 1. The van der Waals surface area contributed by atoms with Gasteiger partial charge in [0.2, 0.25) is 5.91 Å². The van der Waals surface area contributed by atoms with Crippen LogP contribution in [0.3, 0.4) is 0 Å². The summed E-state index contributed by atoms with van der Waals surface area (Å²) in [6.07, 6.45) is 2.24. The van der Waals surface area contributed by atoms with Gasteiger partial charge in [-0.2, -0.15) is 17.0 Å². The predicted molar refractivity (Wildman–Crippen MR) is 89.3 cm³/mol. The minimum Gasteiger partial charge on any atom is -0.467 e. The van der Waals surface area contributed by atoms with Gasteiger partial charge in [0.05, 0.1) is 25.3 Å². The first-order valence-electron chi connectivity index (χ1n) is 7.95. The summed E-state index contributed by atoms with van der Waals surface area (Å²) in [6, 6.07) is 4.90. The number of hydrogen-bond acceptors (Lipinski definition) is 6. The fourth-order valence-corrected chi connectivity index (χ4v) is 4.28. The van der Waals surface area contributed by atoms with Crippen LogP contribution in [0.15, 0.2) is 22.8 Å². The van der Waals surface area contributed by atoms with E-state index < -0.39 is 17.5 Å². The minimum absolute atomic E-state index is 0.160. The lowest BCUT2D eigenvalue weighted by Gasteiger charge is -2.23. The van der Waals surface area contributed by atoms with Crippen molar-refractivity contribution in [2.75, 3.05) is 24.6 Å². The van der Waals surface area contributed by atoms with Crippen LogP contribution in [0.1, 0.15) is 18.6 Å². The van der Waals surface area contributed by atoms with Crippen LogP contribution in [0.5, 0.6) is 0 Å². The largest absolute Gasteiger partial charge is 0.467 e. The third-order valence-electron chi connectivity index (χ3n) is 4.33. The van der Waals surface area contributed by atoms with Crippen molar-refractivity contribution in [2.45, 2.75) is 24.9 Å². The highest BCUT2D eigenvalue weighted by Crippen LogP contribution is 2.33. The van der Waals surface area contributed by atoms with Crippen molar-refractivity contribution in [1.82, 2.24) is 15.1 Å². The Bertz CT molecular complexity index is 706. The molecule has 2 aliphatic heterocycles. The fraction of sp³-hybridized carbons (Fsp3) is 0.500. The van der Waals surface area contributed by atoms with Crippen LogP contribution in [0, 0.1) is 11.3 Å². The summed E-state index contributed by atoms with van der Waals surface area (Å²) in [4.78, 5) is 39.8. The van der Waals surface area contributed by atoms with E-state index in [0.717, 1.165) is 10.7 Å². The van der Waals surface area contributed by atoms with Gasteiger partial charge in [-0.15, -0.1) is 0 Å². The molecule has 132 valence electrons. The van der Waals surface area contributed by atoms with Crippen molar-refractivity contribution in [3.63, 3.8) is 0 Å². The van der Waals surface area contributed by atoms with Crippen molar-refractivity contribution in [1.29, 1.82) is 5.26 Å². The van der Waals surface area contributed by atoms with Gasteiger partial charge >= 0.3 is 6.03 Å². The summed E-state index contributed by atoms with van der Waals surface area (Å²) in [5.74, 6) is 1.19. The Labute approximate surface area is 149 Å². The maximum Gasteiger partial charge on any atom is 0.325 e. The first-order chi connectivity index (χ1) is 12.1. The normalized spacial score (nSPS) is 22.3. The SMILES string of the molecule is N#CCCN(Cc1ccco1)C(=O)CN1C(=O)NC2(CCSC2)C1=O. The van der Waals surface area contributed by atoms with Gasteiger partial charge < -0.3 is 14.6 Å². The van der Waals surface area contributed by atoms with Crippen LogP contribution in [-0.4, -0.2) is 57.8 Å². The number of hydrogen-bond donors (Lipinski definition) is 1. The van der Waals surface area contributed by atoms with Crippen LogP contribution in [0.4, 0.5) is 4.79 Å². The number of carbonyl (C=O) groups excluding carboxylic acids is 3. The molecule has 1 atom stereocenters. The van der Waals surface area contributed by atoms with Crippen molar-refractivity contribution < 1.29 is 18.8 Å². The van der Waals surface area contributed by atoms with Gasteiger partial charge in [-0.25, -0.2) is 4.79 Å².